The van der Waals surface area contributed by atoms with Gasteiger partial charge in [-0.05, 0) is 51.8 Å². The standard InChI is InChI=1S/C14H21IN2/c1-11(14-5-3-4-10-16-14)17(2)13-8-6-12(15)7-9-13/h3-5,10-13H,6-9H2,1-2H3. The van der Waals surface area contributed by atoms with Gasteiger partial charge in [0.1, 0.15) is 0 Å². The minimum atomic E-state index is 0.423. The second-order valence-corrected chi connectivity index (χ2v) is 6.76. The van der Waals surface area contributed by atoms with Crippen LogP contribution in [-0.4, -0.2) is 26.9 Å². The molecule has 1 fully saturated rings. The predicted molar refractivity (Wildman–Crippen MR) is 80.5 cm³/mol. The zero-order chi connectivity index (χ0) is 12.3. The summed E-state index contributed by atoms with van der Waals surface area (Å²) in [7, 11) is 2.25. The predicted octanol–water partition coefficient (Wildman–Crippen LogP) is 3.82. The molecule has 1 aliphatic carbocycles. The first kappa shape index (κ1) is 13.3. The molecule has 0 saturated heterocycles. The topological polar surface area (TPSA) is 16.1 Å². The fourth-order valence-electron chi connectivity index (χ4n) is 2.59. The Hall–Kier alpha value is -0.160. The normalized spacial score (nSPS) is 27.1. The van der Waals surface area contributed by atoms with E-state index in [-0.39, 0.29) is 0 Å². The van der Waals surface area contributed by atoms with Gasteiger partial charge >= 0.3 is 0 Å². The lowest BCUT2D eigenvalue weighted by atomic mass is 9.93. The Balaban J connectivity index is 1.98. The molecule has 94 valence electrons. The van der Waals surface area contributed by atoms with E-state index in [9.17, 15) is 0 Å². The van der Waals surface area contributed by atoms with Gasteiger partial charge in [-0.3, -0.25) is 9.88 Å². The lowest BCUT2D eigenvalue weighted by Crippen LogP contribution is -2.37. The third-order valence-corrected chi connectivity index (χ3v) is 5.17. The molecule has 1 heterocycles. The van der Waals surface area contributed by atoms with E-state index in [1.54, 1.807) is 0 Å². The van der Waals surface area contributed by atoms with Crippen molar-refractivity contribution in [2.45, 2.75) is 48.6 Å². The maximum Gasteiger partial charge on any atom is 0.0572 e. The SMILES string of the molecule is CC(c1ccccn1)N(C)C1CCC(I)CC1. The highest BCUT2D eigenvalue weighted by atomic mass is 127. The van der Waals surface area contributed by atoms with Crippen LogP contribution in [-0.2, 0) is 0 Å². The van der Waals surface area contributed by atoms with E-state index in [1.807, 2.05) is 12.3 Å². The van der Waals surface area contributed by atoms with Crippen LogP contribution in [0.25, 0.3) is 0 Å². The van der Waals surface area contributed by atoms with Gasteiger partial charge in [-0.15, -0.1) is 0 Å². The smallest absolute Gasteiger partial charge is 0.0572 e. The Labute approximate surface area is 118 Å². The van der Waals surface area contributed by atoms with E-state index in [1.165, 1.54) is 31.4 Å². The number of hydrogen-bond acceptors (Lipinski definition) is 2. The average molecular weight is 344 g/mol. The lowest BCUT2D eigenvalue weighted by molar-refractivity contribution is 0.147. The molecule has 1 unspecified atom stereocenters. The summed E-state index contributed by atoms with van der Waals surface area (Å²) in [5, 5.41) is 0. The lowest BCUT2D eigenvalue weighted by Gasteiger charge is -2.36. The first-order chi connectivity index (χ1) is 8.18. The van der Waals surface area contributed by atoms with Gasteiger partial charge in [-0.2, -0.15) is 0 Å². The van der Waals surface area contributed by atoms with Crippen molar-refractivity contribution in [2.75, 3.05) is 7.05 Å². The quantitative estimate of drug-likeness (QED) is 0.612. The number of hydrogen-bond donors (Lipinski definition) is 0. The highest BCUT2D eigenvalue weighted by molar-refractivity contribution is 14.1. The maximum absolute atomic E-state index is 4.47. The molecule has 3 heteroatoms. The van der Waals surface area contributed by atoms with Gasteiger partial charge in [0.25, 0.3) is 0 Å². The summed E-state index contributed by atoms with van der Waals surface area (Å²) >= 11 is 2.59. The van der Waals surface area contributed by atoms with Crippen molar-refractivity contribution < 1.29 is 0 Å². The van der Waals surface area contributed by atoms with E-state index in [0.717, 1.165) is 9.97 Å². The largest absolute Gasteiger partial charge is 0.295 e. The van der Waals surface area contributed by atoms with Gasteiger partial charge in [0, 0.05) is 22.2 Å². The third kappa shape index (κ3) is 3.41. The van der Waals surface area contributed by atoms with Gasteiger partial charge in [-0.1, -0.05) is 28.7 Å². The molecule has 0 aliphatic heterocycles. The number of nitrogens with zero attached hydrogens (tertiary/aromatic N) is 2. The van der Waals surface area contributed by atoms with Crippen molar-refractivity contribution in [2.24, 2.45) is 0 Å². The van der Waals surface area contributed by atoms with E-state index >= 15 is 0 Å². The Kier molecular flexibility index (Phi) is 4.79. The van der Waals surface area contributed by atoms with E-state index in [0.29, 0.717) is 6.04 Å². The fraction of sp³-hybridized carbons (Fsp3) is 0.643. The minimum Gasteiger partial charge on any atom is -0.295 e. The number of rotatable bonds is 3. The summed E-state index contributed by atoms with van der Waals surface area (Å²) < 4.78 is 0.891. The zero-order valence-corrected chi connectivity index (χ0v) is 12.8. The molecule has 1 atom stereocenters. The second kappa shape index (κ2) is 6.14. The van der Waals surface area contributed by atoms with Gasteiger partial charge < -0.3 is 0 Å². The molecule has 2 rings (SSSR count). The molecule has 0 spiro atoms. The van der Waals surface area contributed by atoms with Crippen LogP contribution in [0, 0.1) is 0 Å². The molecule has 0 aromatic carbocycles. The van der Waals surface area contributed by atoms with Crippen molar-refractivity contribution >= 4 is 22.6 Å². The minimum absolute atomic E-state index is 0.423. The van der Waals surface area contributed by atoms with Crippen molar-refractivity contribution in [3.63, 3.8) is 0 Å². The number of aromatic nitrogens is 1. The fourth-order valence-corrected chi connectivity index (χ4v) is 3.31. The molecule has 1 aliphatic rings. The first-order valence-electron chi connectivity index (χ1n) is 6.45. The van der Waals surface area contributed by atoms with Crippen LogP contribution >= 0.6 is 22.6 Å². The van der Waals surface area contributed by atoms with E-state index < -0.39 is 0 Å². The summed E-state index contributed by atoms with van der Waals surface area (Å²) in [6.45, 7) is 2.26. The number of alkyl halides is 1. The van der Waals surface area contributed by atoms with Crippen molar-refractivity contribution in [1.29, 1.82) is 0 Å². The zero-order valence-electron chi connectivity index (χ0n) is 10.6. The molecule has 0 N–H and O–H groups in total. The Morgan fingerprint density at radius 2 is 2.00 bits per heavy atom. The maximum atomic E-state index is 4.47. The van der Waals surface area contributed by atoms with Gasteiger partial charge in [0.15, 0.2) is 0 Å². The van der Waals surface area contributed by atoms with Gasteiger partial charge in [0.2, 0.25) is 0 Å². The van der Waals surface area contributed by atoms with Gasteiger partial charge in [0.05, 0.1) is 5.69 Å². The van der Waals surface area contributed by atoms with E-state index in [4.69, 9.17) is 0 Å². The molecule has 0 amide bonds. The number of halogens is 1. The van der Waals surface area contributed by atoms with Crippen LogP contribution < -0.4 is 0 Å². The van der Waals surface area contributed by atoms with Gasteiger partial charge in [-0.25, -0.2) is 0 Å². The molecule has 0 radical (unpaired) electrons. The van der Waals surface area contributed by atoms with Crippen LogP contribution in [0.2, 0.25) is 0 Å². The molecule has 17 heavy (non-hydrogen) atoms. The molecule has 1 aromatic heterocycles. The number of pyridine rings is 1. The van der Waals surface area contributed by atoms with Crippen molar-refractivity contribution in [1.82, 2.24) is 9.88 Å². The molecule has 0 bridgehead atoms. The van der Waals surface area contributed by atoms with Crippen LogP contribution in [0.15, 0.2) is 24.4 Å². The molecule has 1 saturated carbocycles. The summed E-state index contributed by atoms with van der Waals surface area (Å²) in [5.74, 6) is 0. The Morgan fingerprint density at radius 1 is 1.29 bits per heavy atom. The van der Waals surface area contributed by atoms with Crippen LogP contribution in [0.1, 0.15) is 44.3 Å². The Morgan fingerprint density at radius 3 is 2.59 bits per heavy atom. The van der Waals surface area contributed by atoms with E-state index in [2.05, 4.69) is 58.6 Å². The second-order valence-electron chi connectivity index (χ2n) is 5.00. The monoisotopic (exact) mass is 344 g/mol. The van der Waals surface area contributed by atoms with Crippen molar-refractivity contribution in [3.8, 4) is 0 Å². The average Bonchev–Trinajstić information content (AvgIpc) is 2.39. The first-order valence-corrected chi connectivity index (χ1v) is 7.70. The Bertz CT molecular complexity index is 333. The molecular weight excluding hydrogens is 323 g/mol. The summed E-state index contributed by atoms with van der Waals surface area (Å²) in [5.41, 5.74) is 1.19. The third-order valence-electron chi connectivity index (χ3n) is 3.93. The van der Waals surface area contributed by atoms with Crippen LogP contribution in [0.4, 0.5) is 0 Å². The molecule has 2 nitrogen and oxygen atoms in total. The summed E-state index contributed by atoms with van der Waals surface area (Å²) in [6.07, 6.45) is 7.29. The van der Waals surface area contributed by atoms with Crippen molar-refractivity contribution in [3.05, 3.63) is 30.1 Å². The summed E-state index contributed by atoms with van der Waals surface area (Å²) in [6, 6.07) is 7.35. The highest BCUT2D eigenvalue weighted by Crippen LogP contribution is 2.30. The highest BCUT2D eigenvalue weighted by Gasteiger charge is 2.26. The van der Waals surface area contributed by atoms with Crippen LogP contribution in [0.5, 0.6) is 0 Å². The summed E-state index contributed by atoms with van der Waals surface area (Å²) in [4.78, 5) is 6.97. The van der Waals surface area contributed by atoms with Crippen LogP contribution in [0.3, 0.4) is 0 Å². The molecular formula is C14H21IN2. The molecule has 1 aromatic rings.